The molecule has 2 rings (SSSR count). The fourth-order valence-corrected chi connectivity index (χ4v) is 1.98. The summed E-state index contributed by atoms with van der Waals surface area (Å²) in [7, 11) is 0. The molecule has 1 unspecified atom stereocenters. The quantitative estimate of drug-likeness (QED) is 0.826. The third-order valence-electron chi connectivity index (χ3n) is 2.56. The maximum absolute atomic E-state index is 11.5. The molecule has 1 amide bonds. The first-order chi connectivity index (χ1) is 7.16. The van der Waals surface area contributed by atoms with Crippen molar-refractivity contribution in [3.05, 3.63) is 34.9 Å². The fourth-order valence-electron chi connectivity index (χ4n) is 1.79. The molecule has 1 aliphatic heterocycles. The molecular formula is C11H13ClN2O. The maximum Gasteiger partial charge on any atom is 0.224 e. The fraction of sp³-hybridized carbons (Fsp3) is 0.364. The Kier molecular flexibility index (Phi) is 2.93. The molecule has 2 N–H and O–H groups in total. The number of halogens is 1. The van der Waals surface area contributed by atoms with E-state index in [0.717, 1.165) is 5.56 Å². The van der Waals surface area contributed by atoms with Crippen molar-refractivity contribution in [1.82, 2.24) is 4.90 Å². The lowest BCUT2D eigenvalue weighted by Crippen LogP contribution is -2.27. The van der Waals surface area contributed by atoms with Crippen LogP contribution >= 0.6 is 11.6 Å². The van der Waals surface area contributed by atoms with Crippen LogP contribution in [0.15, 0.2) is 24.3 Å². The highest BCUT2D eigenvalue weighted by Gasteiger charge is 2.26. The van der Waals surface area contributed by atoms with Gasteiger partial charge in [0.1, 0.15) is 0 Å². The molecule has 1 atom stereocenters. The van der Waals surface area contributed by atoms with Crippen LogP contribution in [0.3, 0.4) is 0 Å². The highest BCUT2D eigenvalue weighted by atomic mass is 35.5. The Morgan fingerprint density at radius 1 is 1.47 bits per heavy atom. The molecule has 0 saturated carbocycles. The average Bonchev–Trinajstić information content (AvgIpc) is 2.49. The number of amides is 1. The van der Waals surface area contributed by atoms with Gasteiger partial charge in [-0.05, 0) is 11.6 Å². The zero-order valence-electron chi connectivity index (χ0n) is 8.32. The number of hydrogen-bond acceptors (Lipinski definition) is 2. The van der Waals surface area contributed by atoms with E-state index in [1.165, 1.54) is 0 Å². The van der Waals surface area contributed by atoms with E-state index >= 15 is 0 Å². The molecule has 0 spiro atoms. The lowest BCUT2D eigenvalue weighted by molar-refractivity contribution is -0.128. The molecular weight excluding hydrogens is 212 g/mol. The van der Waals surface area contributed by atoms with Crippen LogP contribution in [0.25, 0.3) is 0 Å². The predicted molar refractivity (Wildman–Crippen MR) is 59.5 cm³/mol. The zero-order chi connectivity index (χ0) is 10.8. The molecule has 1 aromatic rings. The van der Waals surface area contributed by atoms with Crippen LogP contribution in [0.1, 0.15) is 12.0 Å². The van der Waals surface area contributed by atoms with Crippen molar-refractivity contribution in [2.24, 2.45) is 5.73 Å². The first kappa shape index (κ1) is 10.5. The van der Waals surface area contributed by atoms with Crippen molar-refractivity contribution in [3.8, 4) is 0 Å². The molecule has 0 radical (unpaired) electrons. The SMILES string of the molecule is NC1CC(=O)N(Cc2ccccc2Cl)C1. The van der Waals surface area contributed by atoms with Gasteiger partial charge in [0.2, 0.25) is 5.91 Å². The summed E-state index contributed by atoms with van der Waals surface area (Å²) in [5.74, 6) is 0.113. The molecule has 1 aromatic carbocycles. The van der Waals surface area contributed by atoms with Gasteiger partial charge >= 0.3 is 0 Å². The highest BCUT2D eigenvalue weighted by Crippen LogP contribution is 2.19. The number of hydrogen-bond donors (Lipinski definition) is 1. The largest absolute Gasteiger partial charge is 0.337 e. The number of benzene rings is 1. The van der Waals surface area contributed by atoms with Crippen LogP contribution in [0.4, 0.5) is 0 Å². The summed E-state index contributed by atoms with van der Waals surface area (Å²) in [5, 5.41) is 0.700. The molecule has 4 heteroatoms. The van der Waals surface area contributed by atoms with E-state index < -0.39 is 0 Å². The normalized spacial score (nSPS) is 21.1. The average molecular weight is 225 g/mol. The topological polar surface area (TPSA) is 46.3 Å². The first-order valence-electron chi connectivity index (χ1n) is 4.93. The second-order valence-electron chi connectivity index (χ2n) is 3.83. The van der Waals surface area contributed by atoms with Crippen LogP contribution in [0.5, 0.6) is 0 Å². The van der Waals surface area contributed by atoms with Crippen molar-refractivity contribution in [2.75, 3.05) is 6.54 Å². The summed E-state index contributed by atoms with van der Waals surface area (Å²) >= 11 is 6.02. The van der Waals surface area contributed by atoms with Gasteiger partial charge in [0.05, 0.1) is 0 Å². The third-order valence-corrected chi connectivity index (χ3v) is 2.93. The Labute approximate surface area is 93.8 Å². The Balaban J connectivity index is 2.09. The minimum Gasteiger partial charge on any atom is -0.337 e. The van der Waals surface area contributed by atoms with Gasteiger partial charge in [-0.1, -0.05) is 29.8 Å². The van der Waals surface area contributed by atoms with Crippen molar-refractivity contribution in [2.45, 2.75) is 19.0 Å². The summed E-state index contributed by atoms with van der Waals surface area (Å²) in [6.45, 7) is 1.19. The number of carbonyl (C=O) groups excluding carboxylic acids is 1. The van der Waals surface area contributed by atoms with Crippen LogP contribution < -0.4 is 5.73 Å². The number of nitrogens with zero attached hydrogens (tertiary/aromatic N) is 1. The Bertz CT molecular complexity index is 381. The van der Waals surface area contributed by atoms with E-state index in [2.05, 4.69) is 0 Å². The number of nitrogens with two attached hydrogens (primary N) is 1. The van der Waals surface area contributed by atoms with E-state index in [4.69, 9.17) is 17.3 Å². The van der Waals surface area contributed by atoms with Gasteiger partial charge in [-0.25, -0.2) is 0 Å². The van der Waals surface area contributed by atoms with Crippen molar-refractivity contribution < 1.29 is 4.79 Å². The maximum atomic E-state index is 11.5. The van der Waals surface area contributed by atoms with E-state index in [1.807, 2.05) is 24.3 Å². The monoisotopic (exact) mass is 224 g/mol. The minimum atomic E-state index is -0.0278. The molecule has 1 heterocycles. The van der Waals surface area contributed by atoms with Gasteiger partial charge < -0.3 is 10.6 Å². The van der Waals surface area contributed by atoms with E-state index in [9.17, 15) is 4.79 Å². The standard InChI is InChI=1S/C11H13ClN2O/c12-10-4-2-1-3-8(10)6-14-7-9(13)5-11(14)15/h1-4,9H,5-7,13H2. The summed E-state index contributed by atoms with van der Waals surface area (Å²) in [4.78, 5) is 13.3. The lowest BCUT2D eigenvalue weighted by Gasteiger charge is -2.16. The first-order valence-corrected chi connectivity index (χ1v) is 5.31. The van der Waals surface area contributed by atoms with Gasteiger partial charge in [0.15, 0.2) is 0 Å². The number of likely N-dealkylation sites (tertiary alicyclic amines) is 1. The Morgan fingerprint density at radius 2 is 2.20 bits per heavy atom. The van der Waals surface area contributed by atoms with E-state index in [-0.39, 0.29) is 11.9 Å². The molecule has 1 aliphatic rings. The van der Waals surface area contributed by atoms with Crippen molar-refractivity contribution >= 4 is 17.5 Å². The molecule has 0 aromatic heterocycles. The Morgan fingerprint density at radius 3 is 2.80 bits per heavy atom. The number of rotatable bonds is 2. The second kappa shape index (κ2) is 4.21. The molecule has 1 fully saturated rings. The van der Waals surface area contributed by atoms with Gasteiger partial charge in [-0.2, -0.15) is 0 Å². The molecule has 0 bridgehead atoms. The highest BCUT2D eigenvalue weighted by molar-refractivity contribution is 6.31. The summed E-state index contributed by atoms with van der Waals surface area (Å²) in [6, 6.07) is 7.53. The minimum absolute atomic E-state index is 0.0278. The summed E-state index contributed by atoms with van der Waals surface area (Å²) < 4.78 is 0. The number of carbonyl (C=O) groups is 1. The van der Waals surface area contributed by atoms with Gasteiger partial charge in [-0.15, -0.1) is 0 Å². The van der Waals surface area contributed by atoms with Crippen LogP contribution in [-0.2, 0) is 11.3 Å². The zero-order valence-corrected chi connectivity index (χ0v) is 9.07. The van der Waals surface area contributed by atoms with Gasteiger partial charge in [0, 0.05) is 30.6 Å². The van der Waals surface area contributed by atoms with Crippen LogP contribution in [-0.4, -0.2) is 23.4 Å². The summed E-state index contributed by atoms with van der Waals surface area (Å²) in [5.41, 5.74) is 6.69. The van der Waals surface area contributed by atoms with E-state index in [0.29, 0.717) is 24.5 Å². The summed E-state index contributed by atoms with van der Waals surface area (Å²) in [6.07, 6.45) is 0.449. The second-order valence-corrected chi connectivity index (χ2v) is 4.24. The van der Waals surface area contributed by atoms with Crippen LogP contribution in [0.2, 0.25) is 5.02 Å². The van der Waals surface area contributed by atoms with Gasteiger partial charge in [-0.3, -0.25) is 4.79 Å². The molecule has 15 heavy (non-hydrogen) atoms. The van der Waals surface area contributed by atoms with Crippen molar-refractivity contribution in [1.29, 1.82) is 0 Å². The Hall–Kier alpha value is -1.06. The molecule has 1 saturated heterocycles. The van der Waals surface area contributed by atoms with Crippen molar-refractivity contribution in [3.63, 3.8) is 0 Å². The van der Waals surface area contributed by atoms with Crippen LogP contribution in [0, 0.1) is 0 Å². The molecule has 3 nitrogen and oxygen atoms in total. The third kappa shape index (κ3) is 2.30. The van der Waals surface area contributed by atoms with E-state index in [1.54, 1.807) is 4.90 Å². The smallest absolute Gasteiger partial charge is 0.224 e. The predicted octanol–water partition coefficient (Wildman–Crippen LogP) is 1.40. The lowest BCUT2D eigenvalue weighted by atomic mass is 10.2. The molecule has 0 aliphatic carbocycles. The molecule has 80 valence electrons. The van der Waals surface area contributed by atoms with Gasteiger partial charge in [0.25, 0.3) is 0 Å².